The Hall–Kier alpha value is -1.97. The normalized spacial score (nSPS) is 13.2. The molecule has 0 aromatic carbocycles. The zero-order chi connectivity index (χ0) is 19.1. The van der Waals surface area contributed by atoms with Gasteiger partial charge < -0.3 is 14.1 Å². The van der Waals surface area contributed by atoms with Crippen LogP contribution in [0.2, 0.25) is 18.1 Å². The largest absolute Gasteiger partial charge is 0.414 e. The van der Waals surface area contributed by atoms with Crippen molar-refractivity contribution in [2.75, 3.05) is 13.2 Å². The van der Waals surface area contributed by atoms with E-state index in [1.807, 2.05) is 6.92 Å². The number of aromatic nitrogens is 5. The minimum Gasteiger partial charge on any atom is -0.414 e. The summed E-state index contributed by atoms with van der Waals surface area (Å²) in [7, 11) is -1.76. The monoisotopic (exact) mass is 377 g/mol. The fourth-order valence-corrected chi connectivity index (χ4v) is 3.47. The van der Waals surface area contributed by atoms with Crippen LogP contribution in [0.15, 0.2) is 17.3 Å². The second kappa shape index (κ2) is 6.64. The molecule has 0 amide bonds. The molecule has 0 saturated heterocycles. The van der Waals surface area contributed by atoms with E-state index in [1.165, 1.54) is 4.40 Å². The number of nitrogens with one attached hydrogen (secondary N) is 1. The van der Waals surface area contributed by atoms with Crippen LogP contribution in [0.25, 0.3) is 16.9 Å². The Labute approximate surface area is 153 Å². The number of H-pyrrole nitrogens is 1. The summed E-state index contributed by atoms with van der Waals surface area (Å²) in [4.78, 5) is 24.2. The van der Waals surface area contributed by atoms with Gasteiger partial charge in [-0.2, -0.15) is 4.98 Å². The summed E-state index contributed by atoms with van der Waals surface area (Å²) < 4.78 is 15.0. The Morgan fingerprint density at radius 2 is 2.00 bits per heavy atom. The molecule has 8 nitrogen and oxygen atoms in total. The molecule has 0 bridgehead atoms. The van der Waals surface area contributed by atoms with E-state index < -0.39 is 8.32 Å². The zero-order valence-electron chi connectivity index (χ0n) is 16.3. The average Bonchev–Trinajstić information content (AvgIpc) is 3.10. The maximum Gasteiger partial charge on any atom is 0.287 e. The summed E-state index contributed by atoms with van der Waals surface area (Å²) in [5.41, 5.74) is 1.53. The predicted octanol–water partition coefficient (Wildman–Crippen LogP) is 2.68. The lowest BCUT2D eigenvalue weighted by Crippen LogP contribution is -2.41. The van der Waals surface area contributed by atoms with Crippen molar-refractivity contribution < 1.29 is 9.16 Å². The van der Waals surface area contributed by atoms with Crippen LogP contribution < -0.4 is 5.56 Å². The highest BCUT2D eigenvalue weighted by atomic mass is 28.4. The van der Waals surface area contributed by atoms with Crippen LogP contribution in [0.1, 0.15) is 26.5 Å². The van der Waals surface area contributed by atoms with Crippen molar-refractivity contribution in [1.82, 2.24) is 23.9 Å². The van der Waals surface area contributed by atoms with Gasteiger partial charge in [0, 0.05) is 11.9 Å². The summed E-state index contributed by atoms with van der Waals surface area (Å²) in [6.45, 7) is 14.3. The van der Waals surface area contributed by atoms with Crippen molar-refractivity contribution in [1.29, 1.82) is 0 Å². The number of rotatable bonds is 6. The van der Waals surface area contributed by atoms with Crippen molar-refractivity contribution in [2.24, 2.45) is 0 Å². The van der Waals surface area contributed by atoms with Gasteiger partial charge in [-0.15, -0.1) is 0 Å². The van der Waals surface area contributed by atoms with Gasteiger partial charge in [-0.05, 0) is 25.1 Å². The molecule has 0 aliphatic rings. The van der Waals surface area contributed by atoms with Crippen LogP contribution in [0.5, 0.6) is 0 Å². The van der Waals surface area contributed by atoms with Gasteiger partial charge in [0.1, 0.15) is 6.73 Å². The van der Waals surface area contributed by atoms with Gasteiger partial charge in [0.2, 0.25) is 5.78 Å². The molecule has 26 heavy (non-hydrogen) atoms. The first-order valence-corrected chi connectivity index (χ1v) is 11.7. The second-order valence-corrected chi connectivity index (χ2v) is 12.9. The highest BCUT2D eigenvalue weighted by Gasteiger charge is 2.36. The van der Waals surface area contributed by atoms with Crippen molar-refractivity contribution in [3.63, 3.8) is 0 Å². The maximum absolute atomic E-state index is 12.5. The lowest BCUT2D eigenvalue weighted by atomic mass is 10.2. The molecule has 0 radical (unpaired) electrons. The van der Waals surface area contributed by atoms with Gasteiger partial charge in [0.25, 0.3) is 5.56 Å². The molecule has 3 heterocycles. The number of aryl methyl sites for hydroxylation is 1. The molecule has 0 unspecified atom stereocenters. The van der Waals surface area contributed by atoms with E-state index in [1.54, 1.807) is 17.1 Å². The minimum atomic E-state index is -1.76. The number of nitrogens with zero attached hydrogens (tertiary/aromatic N) is 4. The van der Waals surface area contributed by atoms with E-state index in [9.17, 15) is 4.79 Å². The number of fused-ring (bicyclic) bond motifs is 2. The van der Waals surface area contributed by atoms with Crippen LogP contribution >= 0.6 is 0 Å². The summed E-state index contributed by atoms with van der Waals surface area (Å²) in [5, 5.41) is 0.180. The third kappa shape index (κ3) is 3.46. The molecule has 3 rings (SSSR count). The molecular weight excluding hydrogens is 350 g/mol. The first-order valence-electron chi connectivity index (χ1n) is 8.75. The van der Waals surface area contributed by atoms with Gasteiger partial charge >= 0.3 is 0 Å². The maximum atomic E-state index is 12.5. The van der Waals surface area contributed by atoms with E-state index in [-0.39, 0.29) is 17.3 Å². The Kier molecular flexibility index (Phi) is 4.80. The Balaban J connectivity index is 1.66. The highest BCUT2D eigenvalue weighted by molar-refractivity contribution is 6.74. The molecule has 3 aromatic rings. The van der Waals surface area contributed by atoms with Gasteiger partial charge in [-0.3, -0.25) is 9.36 Å². The van der Waals surface area contributed by atoms with Crippen LogP contribution in [0.3, 0.4) is 0 Å². The molecule has 0 aliphatic heterocycles. The Morgan fingerprint density at radius 1 is 1.27 bits per heavy atom. The number of ether oxygens (including phenoxy) is 1. The molecule has 142 valence electrons. The molecule has 0 atom stereocenters. The number of aromatic amines is 1. The summed E-state index contributed by atoms with van der Waals surface area (Å²) in [5.74, 6) is 0.503. The van der Waals surface area contributed by atoms with Crippen LogP contribution in [-0.2, 0) is 15.9 Å². The first kappa shape index (κ1) is 18.8. The zero-order valence-corrected chi connectivity index (χ0v) is 17.3. The first-order chi connectivity index (χ1) is 12.1. The van der Waals surface area contributed by atoms with E-state index in [2.05, 4.69) is 48.8 Å². The standard InChI is InChI=1S/C17H27N5O3Si/c1-12-9-22-15(23)13-14(20-16(22)19-12)21(10-18-13)11-24-7-8-25-26(5,6)17(2,3)4/h9-10H,7-8,11H2,1-6H3,(H,19,20). The van der Waals surface area contributed by atoms with E-state index >= 15 is 0 Å². The Morgan fingerprint density at radius 3 is 2.69 bits per heavy atom. The molecule has 1 N–H and O–H groups in total. The minimum absolute atomic E-state index is 0.180. The fraction of sp³-hybridized carbons (Fsp3) is 0.588. The van der Waals surface area contributed by atoms with Gasteiger partial charge in [0.05, 0.1) is 19.5 Å². The third-order valence-electron chi connectivity index (χ3n) is 5.03. The molecule has 0 spiro atoms. The van der Waals surface area contributed by atoms with E-state index in [4.69, 9.17) is 9.16 Å². The van der Waals surface area contributed by atoms with Crippen molar-refractivity contribution >= 4 is 25.3 Å². The van der Waals surface area contributed by atoms with Crippen LogP contribution in [0.4, 0.5) is 0 Å². The molecule has 3 aromatic heterocycles. The smallest absolute Gasteiger partial charge is 0.287 e. The molecular formula is C17H27N5O3Si. The van der Waals surface area contributed by atoms with E-state index in [0.29, 0.717) is 30.2 Å². The van der Waals surface area contributed by atoms with Crippen molar-refractivity contribution in [3.8, 4) is 0 Å². The fourth-order valence-electron chi connectivity index (χ4n) is 2.45. The van der Waals surface area contributed by atoms with Crippen molar-refractivity contribution in [3.05, 3.63) is 28.6 Å². The van der Waals surface area contributed by atoms with Gasteiger partial charge in [0.15, 0.2) is 19.5 Å². The average molecular weight is 378 g/mol. The van der Waals surface area contributed by atoms with Gasteiger partial charge in [-0.1, -0.05) is 20.8 Å². The van der Waals surface area contributed by atoms with Crippen LogP contribution in [-0.4, -0.2) is 45.5 Å². The summed E-state index contributed by atoms with van der Waals surface area (Å²) >= 11 is 0. The summed E-state index contributed by atoms with van der Waals surface area (Å²) in [6, 6.07) is 0. The van der Waals surface area contributed by atoms with Crippen molar-refractivity contribution in [2.45, 2.75) is 52.6 Å². The van der Waals surface area contributed by atoms with Crippen LogP contribution in [0, 0.1) is 6.92 Å². The third-order valence-corrected chi connectivity index (χ3v) is 9.57. The predicted molar refractivity (Wildman–Crippen MR) is 103 cm³/mol. The second-order valence-electron chi connectivity index (χ2n) is 8.08. The number of hydrogen-bond donors (Lipinski definition) is 1. The lowest BCUT2D eigenvalue weighted by molar-refractivity contribution is 0.0525. The lowest BCUT2D eigenvalue weighted by Gasteiger charge is -2.36. The molecule has 0 fully saturated rings. The van der Waals surface area contributed by atoms with Gasteiger partial charge in [-0.25, -0.2) is 9.38 Å². The SMILES string of the molecule is Cc1cn2c(=O)c3ncn(COCCO[Si](C)(C)C(C)(C)C)c3nc2[nH]1. The highest BCUT2D eigenvalue weighted by Crippen LogP contribution is 2.36. The molecule has 0 saturated carbocycles. The Bertz CT molecular complexity index is 980. The number of imidazole rings is 2. The molecule has 0 aliphatic carbocycles. The quantitative estimate of drug-likeness (QED) is 0.527. The summed E-state index contributed by atoms with van der Waals surface area (Å²) in [6.07, 6.45) is 3.30. The van der Waals surface area contributed by atoms with E-state index in [0.717, 1.165) is 5.69 Å². The molecule has 9 heteroatoms. The topological polar surface area (TPSA) is 86.4 Å². The number of hydrogen-bond acceptors (Lipinski definition) is 5.